The van der Waals surface area contributed by atoms with Crippen molar-refractivity contribution in [3.63, 3.8) is 0 Å². The van der Waals surface area contributed by atoms with Gasteiger partial charge in [0.2, 0.25) is 0 Å². The molecule has 7 heteroatoms. The molecule has 26 heavy (non-hydrogen) atoms. The Hall–Kier alpha value is -2.67. The van der Waals surface area contributed by atoms with E-state index in [0.29, 0.717) is 12.2 Å². The quantitative estimate of drug-likeness (QED) is 0.715. The number of methoxy groups -OCH3 is 1. The van der Waals surface area contributed by atoms with Crippen molar-refractivity contribution in [3.8, 4) is 0 Å². The van der Waals surface area contributed by atoms with Crippen molar-refractivity contribution in [2.24, 2.45) is 0 Å². The van der Waals surface area contributed by atoms with Gasteiger partial charge in [0.15, 0.2) is 0 Å². The summed E-state index contributed by atoms with van der Waals surface area (Å²) in [4.78, 5) is 22.7. The predicted molar refractivity (Wildman–Crippen MR) is 104 cm³/mol. The number of aromatic nitrogens is 2. The zero-order valence-corrected chi connectivity index (χ0v) is 15.4. The Morgan fingerprint density at radius 2 is 2.00 bits per heavy atom. The van der Waals surface area contributed by atoms with E-state index >= 15 is 0 Å². The molecular weight excluding hydrogens is 348 g/mol. The maximum Gasteiger partial charge on any atom is 0.411 e. The van der Waals surface area contributed by atoms with Gasteiger partial charge in [-0.25, -0.2) is 14.8 Å². The average Bonchev–Trinajstić information content (AvgIpc) is 3.06. The van der Waals surface area contributed by atoms with Gasteiger partial charge in [-0.3, -0.25) is 5.32 Å². The van der Waals surface area contributed by atoms with Crippen LogP contribution in [0.25, 0.3) is 10.2 Å². The van der Waals surface area contributed by atoms with E-state index in [4.69, 9.17) is 0 Å². The Morgan fingerprint density at radius 3 is 2.81 bits per heavy atom. The van der Waals surface area contributed by atoms with Gasteiger partial charge in [-0.15, -0.1) is 11.3 Å². The van der Waals surface area contributed by atoms with E-state index in [0.717, 1.165) is 29.1 Å². The van der Waals surface area contributed by atoms with Crippen LogP contribution in [-0.4, -0.2) is 23.2 Å². The minimum atomic E-state index is -0.471. The van der Waals surface area contributed by atoms with Crippen LogP contribution in [-0.2, 0) is 24.1 Å². The number of thiophene rings is 1. The molecule has 0 saturated carbocycles. The first-order valence-electron chi connectivity index (χ1n) is 8.67. The zero-order valence-electron chi connectivity index (χ0n) is 14.5. The molecule has 1 aliphatic rings. The SMILES string of the molecule is COC(=O)Nc1ccc(CNc2ncnc3sc4c(c23)CCCC4)cc1. The highest BCUT2D eigenvalue weighted by Gasteiger charge is 2.19. The third-order valence-corrected chi connectivity index (χ3v) is 5.80. The van der Waals surface area contributed by atoms with Crippen molar-refractivity contribution in [1.29, 1.82) is 0 Å². The zero-order chi connectivity index (χ0) is 17.9. The van der Waals surface area contributed by atoms with Crippen LogP contribution in [0.4, 0.5) is 16.3 Å². The number of rotatable bonds is 4. The standard InChI is InChI=1S/C19H20N4O2S/c1-25-19(24)23-13-8-6-12(7-9-13)10-20-17-16-14-4-2-3-5-15(14)26-18(16)22-11-21-17/h6-9,11H,2-5,10H2,1H3,(H,23,24)(H,20,21,22). The van der Waals surface area contributed by atoms with E-state index in [-0.39, 0.29) is 0 Å². The van der Waals surface area contributed by atoms with Crippen LogP contribution in [0, 0.1) is 0 Å². The van der Waals surface area contributed by atoms with Crippen molar-refractivity contribution in [2.45, 2.75) is 32.2 Å². The first-order valence-corrected chi connectivity index (χ1v) is 9.49. The summed E-state index contributed by atoms with van der Waals surface area (Å²) in [6.45, 7) is 0.662. The average molecular weight is 368 g/mol. The van der Waals surface area contributed by atoms with Gasteiger partial charge in [0.05, 0.1) is 12.5 Å². The molecule has 0 saturated heterocycles. The number of carbonyl (C=O) groups excluding carboxylic acids is 1. The van der Waals surface area contributed by atoms with E-state index in [1.807, 2.05) is 24.3 Å². The van der Waals surface area contributed by atoms with E-state index in [1.165, 1.54) is 35.8 Å². The molecule has 0 unspecified atom stereocenters. The number of ether oxygens (including phenoxy) is 1. The predicted octanol–water partition coefficient (Wildman–Crippen LogP) is 4.36. The summed E-state index contributed by atoms with van der Waals surface area (Å²) in [6.07, 6.45) is 5.94. The van der Waals surface area contributed by atoms with Crippen molar-refractivity contribution >= 4 is 39.2 Å². The van der Waals surface area contributed by atoms with Gasteiger partial charge in [0, 0.05) is 17.1 Å². The Kier molecular flexibility index (Phi) is 4.71. The molecule has 2 N–H and O–H groups in total. The van der Waals surface area contributed by atoms with Crippen molar-refractivity contribution < 1.29 is 9.53 Å². The molecule has 1 aromatic carbocycles. The molecule has 1 aliphatic carbocycles. The lowest BCUT2D eigenvalue weighted by Gasteiger charge is -2.12. The highest BCUT2D eigenvalue weighted by molar-refractivity contribution is 7.19. The molecule has 2 aromatic heterocycles. The lowest BCUT2D eigenvalue weighted by molar-refractivity contribution is 0.187. The smallest absolute Gasteiger partial charge is 0.411 e. The third kappa shape index (κ3) is 3.35. The molecule has 0 radical (unpaired) electrons. The summed E-state index contributed by atoms with van der Waals surface area (Å²) in [7, 11) is 1.35. The van der Waals surface area contributed by atoms with E-state index < -0.39 is 6.09 Å². The number of nitrogens with one attached hydrogen (secondary N) is 2. The second-order valence-electron chi connectivity index (χ2n) is 6.28. The summed E-state index contributed by atoms with van der Waals surface area (Å²) in [6, 6.07) is 7.66. The number of hydrogen-bond acceptors (Lipinski definition) is 6. The van der Waals surface area contributed by atoms with Crippen LogP contribution in [0.1, 0.15) is 28.8 Å². The van der Waals surface area contributed by atoms with Crippen LogP contribution in [0.3, 0.4) is 0 Å². The minimum Gasteiger partial charge on any atom is -0.453 e. The van der Waals surface area contributed by atoms with Crippen LogP contribution in [0.5, 0.6) is 0 Å². The van der Waals surface area contributed by atoms with Crippen LogP contribution in [0.15, 0.2) is 30.6 Å². The highest BCUT2D eigenvalue weighted by Crippen LogP contribution is 2.38. The van der Waals surface area contributed by atoms with Gasteiger partial charge >= 0.3 is 6.09 Å². The van der Waals surface area contributed by atoms with Crippen LogP contribution in [0.2, 0.25) is 0 Å². The van der Waals surface area contributed by atoms with Crippen LogP contribution < -0.4 is 10.6 Å². The molecule has 6 nitrogen and oxygen atoms in total. The summed E-state index contributed by atoms with van der Waals surface area (Å²) < 4.78 is 4.59. The largest absolute Gasteiger partial charge is 0.453 e. The first kappa shape index (κ1) is 16.8. The summed E-state index contributed by atoms with van der Waals surface area (Å²) in [5.74, 6) is 0.908. The second-order valence-corrected chi connectivity index (χ2v) is 7.36. The number of carbonyl (C=O) groups is 1. The van der Waals surface area contributed by atoms with E-state index in [1.54, 1.807) is 17.7 Å². The lowest BCUT2D eigenvalue weighted by Crippen LogP contribution is -2.11. The molecule has 0 aliphatic heterocycles. The minimum absolute atomic E-state index is 0.471. The summed E-state index contributed by atoms with van der Waals surface area (Å²) >= 11 is 1.80. The van der Waals surface area contributed by atoms with Gasteiger partial charge in [0.25, 0.3) is 0 Å². The van der Waals surface area contributed by atoms with Crippen LogP contribution >= 0.6 is 11.3 Å². The summed E-state index contributed by atoms with van der Waals surface area (Å²) in [5.41, 5.74) is 3.24. The van der Waals surface area contributed by atoms with Gasteiger partial charge in [-0.05, 0) is 48.9 Å². The van der Waals surface area contributed by atoms with Gasteiger partial charge in [0.1, 0.15) is 17.0 Å². The normalized spacial score (nSPS) is 13.3. The Morgan fingerprint density at radius 1 is 1.19 bits per heavy atom. The fourth-order valence-corrected chi connectivity index (χ4v) is 4.51. The number of hydrogen-bond donors (Lipinski definition) is 2. The maximum absolute atomic E-state index is 11.2. The molecule has 134 valence electrons. The molecule has 0 fully saturated rings. The maximum atomic E-state index is 11.2. The Bertz CT molecular complexity index is 937. The second kappa shape index (κ2) is 7.29. The topological polar surface area (TPSA) is 76.1 Å². The first-order chi connectivity index (χ1) is 12.7. The molecule has 0 spiro atoms. The fraction of sp³-hybridized carbons (Fsp3) is 0.316. The number of amides is 1. The number of aryl methyl sites for hydroxylation is 2. The van der Waals surface area contributed by atoms with E-state index in [2.05, 4.69) is 25.3 Å². The lowest BCUT2D eigenvalue weighted by atomic mass is 9.97. The number of benzene rings is 1. The van der Waals surface area contributed by atoms with Gasteiger partial charge < -0.3 is 10.1 Å². The fourth-order valence-electron chi connectivity index (χ4n) is 3.28. The van der Waals surface area contributed by atoms with Crippen molar-refractivity contribution in [2.75, 3.05) is 17.7 Å². The van der Waals surface area contributed by atoms with E-state index in [9.17, 15) is 4.79 Å². The molecular formula is C19H20N4O2S. The molecule has 0 atom stereocenters. The van der Waals surface area contributed by atoms with Crippen molar-refractivity contribution in [1.82, 2.24) is 9.97 Å². The molecule has 2 heterocycles. The van der Waals surface area contributed by atoms with Gasteiger partial charge in [-0.1, -0.05) is 12.1 Å². The Balaban J connectivity index is 1.51. The monoisotopic (exact) mass is 368 g/mol. The van der Waals surface area contributed by atoms with Crippen molar-refractivity contribution in [3.05, 3.63) is 46.6 Å². The number of nitrogens with zero attached hydrogens (tertiary/aromatic N) is 2. The Labute approximate surface area is 155 Å². The number of anilines is 2. The number of fused-ring (bicyclic) bond motifs is 3. The third-order valence-electron chi connectivity index (χ3n) is 4.60. The van der Waals surface area contributed by atoms with Gasteiger partial charge in [-0.2, -0.15) is 0 Å². The summed E-state index contributed by atoms with van der Waals surface area (Å²) in [5, 5.41) is 7.29. The molecule has 1 amide bonds. The highest BCUT2D eigenvalue weighted by atomic mass is 32.1. The molecule has 0 bridgehead atoms. The molecule has 4 rings (SSSR count). The molecule has 3 aromatic rings.